The molecule has 0 aliphatic carbocycles. The van der Waals surface area contributed by atoms with Crippen molar-refractivity contribution in [1.82, 2.24) is 4.90 Å². The standard InChI is InChI=1S/C18H21N/c1-19-13-12-17(15-8-4-2-5-9-15)14-18(19)16-10-6-3-7-11-16/h2-11,17-18H,12-14H2,1H3. The summed E-state index contributed by atoms with van der Waals surface area (Å²) in [5, 5.41) is 0. The topological polar surface area (TPSA) is 3.24 Å². The van der Waals surface area contributed by atoms with Gasteiger partial charge in [-0.15, -0.1) is 0 Å². The van der Waals surface area contributed by atoms with Gasteiger partial charge in [0.05, 0.1) is 0 Å². The molecule has 98 valence electrons. The van der Waals surface area contributed by atoms with Gasteiger partial charge in [-0.25, -0.2) is 0 Å². The third-order valence-electron chi connectivity index (χ3n) is 4.33. The van der Waals surface area contributed by atoms with Crippen molar-refractivity contribution in [2.75, 3.05) is 13.6 Å². The van der Waals surface area contributed by atoms with Gasteiger partial charge in [-0.1, -0.05) is 60.7 Å². The first-order chi connectivity index (χ1) is 9.34. The molecule has 0 saturated carbocycles. The molecule has 2 aromatic carbocycles. The lowest BCUT2D eigenvalue weighted by Gasteiger charge is -2.37. The number of likely N-dealkylation sites (tertiary alicyclic amines) is 1. The molecule has 1 nitrogen and oxygen atoms in total. The van der Waals surface area contributed by atoms with Crippen LogP contribution in [0.3, 0.4) is 0 Å². The van der Waals surface area contributed by atoms with Crippen LogP contribution in [-0.4, -0.2) is 18.5 Å². The van der Waals surface area contributed by atoms with Crippen molar-refractivity contribution in [3.8, 4) is 0 Å². The van der Waals surface area contributed by atoms with E-state index in [-0.39, 0.29) is 0 Å². The smallest absolute Gasteiger partial charge is 0.0350 e. The molecular formula is C18H21N. The van der Waals surface area contributed by atoms with Crippen molar-refractivity contribution in [3.63, 3.8) is 0 Å². The van der Waals surface area contributed by atoms with E-state index in [0.717, 1.165) is 0 Å². The second-order valence-corrected chi connectivity index (χ2v) is 5.54. The molecule has 0 N–H and O–H groups in total. The first kappa shape index (κ1) is 12.4. The summed E-state index contributed by atoms with van der Waals surface area (Å²) in [6.07, 6.45) is 2.49. The zero-order valence-electron chi connectivity index (χ0n) is 11.5. The van der Waals surface area contributed by atoms with Crippen LogP contribution in [-0.2, 0) is 0 Å². The number of rotatable bonds is 2. The Morgan fingerprint density at radius 3 is 2.05 bits per heavy atom. The summed E-state index contributed by atoms with van der Waals surface area (Å²) in [5.74, 6) is 0.697. The van der Waals surface area contributed by atoms with Gasteiger partial charge in [-0.05, 0) is 43.5 Å². The average molecular weight is 251 g/mol. The minimum absolute atomic E-state index is 0.556. The summed E-state index contributed by atoms with van der Waals surface area (Å²) in [5.41, 5.74) is 2.95. The highest BCUT2D eigenvalue weighted by Gasteiger charge is 2.27. The maximum Gasteiger partial charge on any atom is 0.0350 e. The Bertz CT molecular complexity index is 506. The zero-order chi connectivity index (χ0) is 13.1. The number of benzene rings is 2. The monoisotopic (exact) mass is 251 g/mol. The van der Waals surface area contributed by atoms with Gasteiger partial charge in [-0.2, -0.15) is 0 Å². The fraction of sp³-hybridized carbons (Fsp3) is 0.333. The average Bonchev–Trinajstić information content (AvgIpc) is 2.49. The minimum Gasteiger partial charge on any atom is -0.299 e. The Morgan fingerprint density at radius 2 is 1.42 bits per heavy atom. The van der Waals surface area contributed by atoms with E-state index in [1.54, 1.807) is 0 Å². The molecule has 0 amide bonds. The van der Waals surface area contributed by atoms with Crippen molar-refractivity contribution < 1.29 is 0 Å². The van der Waals surface area contributed by atoms with E-state index in [1.165, 1.54) is 30.5 Å². The largest absolute Gasteiger partial charge is 0.299 e. The van der Waals surface area contributed by atoms with Crippen LogP contribution in [0.2, 0.25) is 0 Å². The van der Waals surface area contributed by atoms with E-state index in [1.807, 2.05) is 0 Å². The lowest BCUT2D eigenvalue weighted by Crippen LogP contribution is -2.33. The predicted octanol–water partition coefficient (Wildman–Crippen LogP) is 4.24. The lowest BCUT2D eigenvalue weighted by molar-refractivity contribution is 0.170. The molecule has 1 aliphatic heterocycles. The van der Waals surface area contributed by atoms with Gasteiger partial charge < -0.3 is 0 Å². The molecule has 1 heterocycles. The SMILES string of the molecule is CN1CCC(c2ccccc2)CC1c1ccccc1. The van der Waals surface area contributed by atoms with Crippen LogP contribution >= 0.6 is 0 Å². The molecular weight excluding hydrogens is 230 g/mol. The Kier molecular flexibility index (Phi) is 3.65. The molecule has 2 unspecified atom stereocenters. The van der Waals surface area contributed by atoms with Gasteiger partial charge >= 0.3 is 0 Å². The summed E-state index contributed by atoms with van der Waals surface area (Å²) in [4.78, 5) is 2.49. The van der Waals surface area contributed by atoms with Gasteiger partial charge in [-0.3, -0.25) is 4.90 Å². The maximum absolute atomic E-state index is 2.49. The highest BCUT2D eigenvalue weighted by molar-refractivity contribution is 5.24. The molecule has 0 radical (unpaired) electrons. The molecule has 0 spiro atoms. The molecule has 1 heteroatoms. The molecule has 1 saturated heterocycles. The summed E-state index contributed by atoms with van der Waals surface area (Å²) >= 11 is 0. The molecule has 1 fully saturated rings. The molecule has 3 rings (SSSR count). The van der Waals surface area contributed by atoms with Crippen molar-refractivity contribution in [3.05, 3.63) is 71.8 Å². The molecule has 0 bridgehead atoms. The normalized spacial score (nSPS) is 24.3. The van der Waals surface area contributed by atoms with Gasteiger partial charge in [0, 0.05) is 6.04 Å². The van der Waals surface area contributed by atoms with E-state index in [0.29, 0.717) is 12.0 Å². The summed E-state index contributed by atoms with van der Waals surface area (Å²) in [7, 11) is 2.25. The number of nitrogens with zero attached hydrogens (tertiary/aromatic N) is 1. The van der Waals surface area contributed by atoms with Gasteiger partial charge in [0.15, 0.2) is 0 Å². The highest BCUT2D eigenvalue weighted by atomic mass is 15.1. The van der Waals surface area contributed by atoms with E-state index >= 15 is 0 Å². The van der Waals surface area contributed by atoms with E-state index < -0.39 is 0 Å². The van der Waals surface area contributed by atoms with Gasteiger partial charge in [0.1, 0.15) is 0 Å². The van der Waals surface area contributed by atoms with E-state index in [4.69, 9.17) is 0 Å². The van der Waals surface area contributed by atoms with Gasteiger partial charge in [0.25, 0.3) is 0 Å². The second kappa shape index (κ2) is 5.58. The van der Waals surface area contributed by atoms with Crippen LogP contribution in [0.15, 0.2) is 60.7 Å². The highest BCUT2D eigenvalue weighted by Crippen LogP contribution is 2.38. The minimum atomic E-state index is 0.556. The quantitative estimate of drug-likeness (QED) is 0.771. The third kappa shape index (κ3) is 2.71. The van der Waals surface area contributed by atoms with E-state index in [9.17, 15) is 0 Å². The summed E-state index contributed by atoms with van der Waals surface area (Å²) in [6, 6.07) is 22.4. The van der Waals surface area contributed by atoms with Crippen LogP contribution < -0.4 is 0 Å². The third-order valence-corrected chi connectivity index (χ3v) is 4.33. The maximum atomic E-state index is 2.49. The molecule has 0 aromatic heterocycles. The van der Waals surface area contributed by atoms with Crippen LogP contribution in [0.4, 0.5) is 0 Å². The van der Waals surface area contributed by atoms with Crippen molar-refractivity contribution >= 4 is 0 Å². The fourth-order valence-corrected chi connectivity index (χ4v) is 3.18. The fourth-order valence-electron chi connectivity index (χ4n) is 3.18. The van der Waals surface area contributed by atoms with Crippen LogP contribution in [0, 0.1) is 0 Å². The molecule has 2 atom stereocenters. The Labute approximate surface area is 115 Å². The Balaban J connectivity index is 1.82. The van der Waals surface area contributed by atoms with Crippen LogP contribution in [0.5, 0.6) is 0 Å². The van der Waals surface area contributed by atoms with E-state index in [2.05, 4.69) is 72.6 Å². The summed E-state index contributed by atoms with van der Waals surface area (Å²) in [6.45, 7) is 1.18. The second-order valence-electron chi connectivity index (χ2n) is 5.54. The van der Waals surface area contributed by atoms with Crippen molar-refractivity contribution in [2.24, 2.45) is 0 Å². The first-order valence-electron chi connectivity index (χ1n) is 7.15. The number of hydrogen-bond donors (Lipinski definition) is 0. The molecule has 2 aromatic rings. The Morgan fingerprint density at radius 1 is 0.842 bits per heavy atom. The molecule has 1 aliphatic rings. The van der Waals surface area contributed by atoms with Crippen LogP contribution in [0.25, 0.3) is 0 Å². The lowest BCUT2D eigenvalue weighted by atomic mass is 9.83. The van der Waals surface area contributed by atoms with Crippen molar-refractivity contribution in [1.29, 1.82) is 0 Å². The van der Waals surface area contributed by atoms with Crippen LogP contribution in [0.1, 0.15) is 35.9 Å². The zero-order valence-corrected chi connectivity index (χ0v) is 11.5. The van der Waals surface area contributed by atoms with Gasteiger partial charge in [0.2, 0.25) is 0 Å². The number of hydrogen-bond acceptors (Lipinski definition) is 1. The molecule has 19 heavy (non-hydrogen) atoms. The predicted molar refractivity (Wildman–Crippen MR) is 80.2 cm³/mol. The number of piperidine rings is 1. The first-order valence-corrected chi connectivity index (χ1v) is 7.15. The van der Waals surface area contributed by atoms with Crippen molar-refractivity contribution in [2.45, 2.75) is 24.8 Å². The summed E-state index contributed by atoms with van der Waals surface area (Å²) < 4.78 is 0. The Hall–Kier alpha value is -1.60.